The van der Waals surface area contributed by atoms with Crippen LogP contribution in [0.3, 0.4) is 0 Å². The van der Waals surface area contributed by atoms with Crippen molar-refractivity contribution in [3.8, 4) is 0 Å². The van der Waals surface area contributed by atoms with Crippen molar-refractivity contribution in [3.05, 3.63) is 0 Å². The summed E-state index contributed by atoms with van der Waals surface area (Å²) in [6, 6.07) is 0.400. The summed E-state index contributed by atoms with van der Waals surface area (Å²) in [5.41, 5.74) is 0. The third-order valence-electron chi connectivity index (χ3n) is 3.89. The molecule has 2 unspecified atom stereocenters. The summed E-state index contributed by atoms with van der Waals surface area (Å²) >= 11 is 0. The third-order valence-corrected chi connectivity index (χ3v) is 6.25. The maximum atomic E-state index is 12.1. The Kier molecular flexibility index (Phi) is 3.56. The van der Waals surface area contributed by atoms with Crippen LogP contribution in [0.15, 0.2) is 0 Å². The highest BCUT2D eigenvalue weighted by Gasteiger charge is 2.41. The number of nitrogens with zero attached hydrogens (tertiary/aromatic N) is 1. The molecule has 0 radical (unpaired) electrons. The Hall–Kier alpha value is -0.130. The van der Waals surface area contributed by atoms with Gasteiger partial charge in [0.15, 0.2) is 0 Å². The zero-order valence-electron chi connectivity index (χ0n) is 10.1. The molecule has 0 bridgehead atoms. The third kappa shape index (κ3) is 2.41. The predicted octanol–water partition coefficient (Wildman–Crippen LogP) is 0.798. The molecule has 0 spiro atoms. The first-order valence-electron chi connectivity index (χ1n) is 6.22. The highest BCUT2D eigenvalue weighted by atomic mass is 32.2. The number of hydrogen-bond donors (Lipinski definition) is 1. The van der Waals surface area contributed by atoms with Crippen molar-refractivity contribution < 1.29 is 8.42 Å². The molecule has 0 aromatic carbocycles. The highest BCUT2D eigenvalue weighted by molar-refractivity contribution is 7.90. The molecule has 0 aromatic heterocycles. The first-order valence-corrected chi connectivity index (χ1v) is 7.72. The number of nitrogens with one attached hydrogen (secondary N) is 1. The Morgan fingerprint density at radius 3 is 2.56 bits per heavy atom. The van der Waals surface area contributed by atoms with Gasteiger partial charge in [0, 0.05) is 19.1 Å². The van der Waals surface area contributed by atoms with E-state index in [0.717, 1.165) is 32.2 Å². The summed E-state index contributed by atoms with van der Waals surface area (Å²) in [6.45, 7) is 3.57. The van der Waals surface area contributed by atoms with E-state index in [1.54, 1.807) is 4.31 Å². The molecule has 1 aliphatic carbocycles. The van der Waals surface area contributed by atoms with Crippen molar-refractivity contribution in [2.75, 3.05) is 20.1 Å². The van der Waals surface area contributed by atoms with Gasteiger partial charge in [-0.05, 0) is 45.6 Å². The fraction of sp³-hybridized carbons (Fsp3) is 1.00. The van der Waals surface area contributed by atoms with E-state index in [9.17, 15) is 8.42 Å². The molecule has 0 amide bonds. The smallest absolute Gasteiger partial charge is 0.216 e. The quantitative estimate of drug-likeness (QED) is 0.798. The molecule has 0 aromatic rings. The lowest BCUT2D eigenvalue weighted by Crippen LogP contribution is -2.46. The number of rotatable bonds is 4. The molecule has 4 nitrogen and oxygen atoms in total. The fourth-order valence-corrected chi connectivity index (χ4v) is 4.36. The molecule has 1 saturated carbocycles. The molecule has 2 rings (SSSR count). The van der Waals surface area contributed by atoms with Crippen molar-refractivity contribution in [1.82, 2.24) is 9.62 Å². The second kappa shape index (κ2) is 4.63. The minimum absolute atomic E-state index is 0.0591. The largest absolute Gasteiger partial charge is 0.317 e. The summed E-state index contributed by atoms with van der Waals surface area (Å²) < 4.78 is 25.9. The zero-order chi connectivity index (χ0) is 11.8. The van der Waals surface area contributed by atoms with E-state index >= 15 is 0 Å². The van der Waals surface area contributed by atoms with Gasteiger partial charge in [-0.15, -0.1) is 0 Å². The summed E-state index contributed by atoms with van der Waals surface area (Å²) in [4.78, 5) is 0. The van der Waals surface area contributed by atoms with Crippen LogP contribution in [0.25, 0.3) is 0 Å². The average Bonchev–Trinajstić information content (AvgIpc) is 3.12. The van der Waals surface area contributed by atoms with Crippen LogP contribution in [0.2, 0.25) is 0 Å². The molecule has 1 saturated heterocycles. The Morgan fingerprint density at radius 1 is 1.31 bits per heavy atom. The van der Waals surface area contributed by atoms with Gasteiger partial charge in [-0.2, -0.15) is 0 Å². The summed E-state index contributed by atoms with van der Waals surface area (Å²) in [5.74, 6) is 0.465. The van der Waals surface area contributed by atoms with Crippen molar-refractivity contribution in [1.29, 1.82) is 0 Å². The van der Waals surface area contributed by atoms with Crippen molar-refractivity contribution in [2.24, 2.45) is 5.92 Å². The minimum Gasteiger partial charge on any atom is -0.317 e. The molecule has 1 heterocycles. The summed E-state index contributed by atoms with van der Waals surface area (Å²) in [5, 5.41) is 3.17. The number of sulfonamides is 1. The summed E-state index contributed by atoms with van der Waals surface area (Å²) in [7, 11) is -1.01. The van der Waals surface area contributed by atoms with Gasteiger partial charge in [-0.3, -0.25) is 0 Å². The second-order valence-electron chi connectivity index (χ2n) is 5.08. The molecule has 5 heteroatoms. The van der Waals surface area contributed by atoms with Crippen molar-refractivity contribution in [2.45, 2.75) is 43.9 Å². The average molecular weight is 246 g/mol. The molecule has 1 aliphatic heterocycles. The van der Waals surface area contributed by atoms with Crippen LogP contribution in [0.5, 0.6) is 0 Å². The Morgan fingerprint density at radius 2 is 2.00 bits per heavy atom. The lowest BCUT2D eigenvalue weighted by molar-refractivity contribution is 0.229. The van der Waals surface area contributed by atoms with E-state index in [-0.39, 0.29) is 5.25 Å². The highest BCUT2D eigenvalue weighted by Crippen LogP contribution is 2.33. The standard InChI is InChI=1S/C11H22N2O2S/c1-9(12-2)10-4-3-7-13(8-10)16(14,15)11-5-6-11/h9-12H,3-8H2,1-2H3. The van der Waals surface area contributed by atoms with Crippen molar-refractivity contribution >= 4 is 10.0 Å². The van der Waals surface area contributed by atoms with E-state index in [2.05, 4.69) is 12.2 Å². The van der Waals surface area contributed by atoms with Gasteiger partial charge in [0.05, 0.1) is 5.25 Å². The molecule has 2 atom stereocenters. The van der Waals surface area contributed by atoms with Crippen molar-refractivity contribution in [3.63, 3.8) is 0 Å². The van der Waals surface area contributed by atoms with E-state index < -0.39 is 10.0 Å². The van der Waals surface area contributed by atoms with E-state index in [0.29, 0.717) is 18.5 Å². The molecule has 1 N–H and O–H groups in total. The Bertz CT molecular complexity index is 338. The van der Waals surface area contributed by atoms with E-state index in [4.69, 9.17) is 0 Å². The van der Waals surface area contributed by atoms with Crippen LogP contribution in [-0.4, -0.2) is 44.2 Å². The maximum absolute atomic E-state index is 12.1. The van der Waals surface area contributed by atoms with Gasteiger partial charge < -0.3 is 5.32 Å². The molecule has 16 heavy (non-hydrogen) atoms. The monoisotopic (exact) mass is 246 g/mol. The lowest BCUT2D eigenvalue weighted by atomic mass is 9.93. The normalized spacial score (nSPS) is 30.2. The van der Waals surface area contributed by atoms with E-state index in [1.165, 1.54) is 0 Å². The van der Waals surface area contributed by atoms with Crippen LogP contribution in [-0.2, 0) is 10.0 Å². The van der Waals surface area contributed by atoms with Gasteiger partial charge in [0.1, 0.15) is 0 Å². The van der Waals surface area contributed by atoms with Crippen LogP contribution in [0.1, 0.15) is 32.6 Å². The first kappa shape index (κ1) is 12.3. The molecular weight excluding hydrogens is 224 g/mol. The minimum atomic E-state index is -2.96. The molecule has 2 fully saturated rings. The predicted molar refractivity (Wildman–Crippen MR) is 64.8 cm³/mol. The topological polar surface area (TPSA) is 49.4 Å². The molecular formula is C11H22N2O2S. The van der Waals surface area contributed by atoms with Gasteiger partial charge in [-0.25, -0.2) is 12.7 Å². The van der Waals surface area contributed by atoms with Crippen LogP contribution >= 0.6 is 0 Å². The first-order chi connectivity index (χ1) is 7.55. The van der Waals surface area contributed by atoms with Crippen LogP contribution in [0.4, 0.5) is 0 Å². The SMILES string of the molecule is CNC(C)C1CCCN(S(=O)(=O)C2CC2)C1. The maximum Gasteiger partial charge on any atom is 0.216 e. The summed E-state index contributed by atoms with van der Waals surface area (Å²) in [6.07, 6.45) is 3.87. The lowest BCUT2D eigenvalue weighted by Gasteiger charge is -2.35. The fourth-order valence-electron chi connectivity index (χ4n) is 2.43. The van der Waals surface area contributed by atoms with Crippen LogP contribution in [0, 0.1) is 5.92 Å². The Labute approximate surface area is 98.4 Å². The van der Waals surface area contributed by atoms with Crippen LogP contribution < -0.4 is 5.32 Å². The zero-order valence-corrected chi connectivity index (χ0v) is 11.0. The molecule has 94 valence electrons. The van der Waals surface area contributed by atoms with E-state index in [1.807, 2.05) is 7.05 Å². The Balaban J connectivity index is 2.01. The van der Waals surface area contributed by atoms with Gasteiger partial charge in [0.2, 0.25) is 10.0 Å². The second-order valence-corrected chi connectivity index (χ2v) is 7.29. The number of piperidine rings is 1. The van der Waals surface area contributed by atoms with Gasteiger partial charge in [0.25, 0.3) is 0 Å². The number of hydrogen-bond acceptors (Lipinski definition) is 3. The molecule has 2 aliphatic rings. The van der Waals surface area contributed by atoms with Gasteiger partial charge in [-0.1, -0.05) is 0 Å². The van der Waals surface area contributed by atoms with Gasteiger partial charge >= 0.3 is 0 Å².